The number of pyridine rings is 1. The second-order valence-electron chi connectivity index (χ2n) is 15.1. The Morgan fingerprint density at radius 1 is 1.14 bits per heavy atom. The summed E-state index contributed by atoms with van der Waals surface area (Å²) in [6.45, 7) is 10.6. The van der Waals surface area contributed by atoms with E-state index in [0.29, 0.717) is 11.7 Å². The van der Waals surface area contributed by atoms with Gasteiger partial charge < -0.3 is 14.4 Å². The number of hydrogen-bond acceptors (Lipinski definition) is 8. The topological polar surface area (TPSA) is 96.0 Å². The Kier molecular flexibility index (Phi) is 11.7. The number of halogens is 4. The van der Waals surface area contributed by atoms with Gasteiger partial charge in [0.2, 0.25) is 0 Å². The molecule has 2 aliphatic heterocycles. The van der Waals surface area contributed by atoms with Crippen molar-refractivity contribution in [2.24, 2.45) is 11.3 Å². The van der Waals surface area contributed by atoms with Crippen molar-refractivity contribution in [2.75, 3.05) is 18.2 Å². The highest BCUT2D eigenvalue weighted by Gasteiger charge is 2.62. The van der Waals surface area contributed by atoms with Gasteiger partial charge in [-0.15, -0.1) is 0 Å². The first-order valence-electron chi connectivity index (χ1n) is 17.1. The summed E-state index contributed by atoms with van der Waals surface area (Å²) in [5, 5.41) is 1.55. The van der Waals surface area contributed by atoms with E-state index in [1.807, 2.05) is 37.8 Å². The van der Waals surface area contributed by atoms with E-state index >= 15 is 0 Å². The number of amides is 2. The lowest BCUT2D eigenvalue weighted by molar-refractivity contribution is -0.192. The molecule has 0 radical (unpaired) electrons. The Hall–Kier alpha value is -3.00. The number of carbonyl (C=O) groups excluding carboxylic acids is 2. The first-order valence-corrected chi connectivity index (χ1v) is 18.3. The average Bonchev–Trinajstić information content (AvgIpc) is 3.57. The average molecular weight is 738 g/mol. The van der Waals surface area contributed by atoms with Crippen LogP contribution in [-0.4, -0.2) is 58.6 Å². The second-order valence-corrected chi connectivity index (χ2v) is 16.3. The van der Waals surface area contributed by atoms with Crippen molar-refractivity contribution in [1.82, 2.24) is 20.0 Å². The molecule has 9 nitrogen and oxygen atoms in total. The van der Waals surface area contributed by atoms with Gasteiger partial charge >= 0.3 is 12.3 Å². The third-order valence-electron chi connectivity index (χ3n) is 9.40. The van der Waals surface area contributed by atoms with Crippen LogP contribution in [0.5, 0.6) is 0 Å². The van der Waals surface area contributed by atoms with Crippen LogP contribution >= 0.6 is 23.5 Å². The predicted molar refractivity (Wildman–Crippen MR) is 189 cm³/mol. The minimum absolute atomic E-state index is 0.00892. The zero-order valence-corrected chi connectivity index (χ0v) is 30.8. The molecule has 2 atom stereocenters. The van der Waals surface area contributed by atoms with Crippen LogP contribution in [0, 0.1) is 11.3 Å². The molecule has 3 heterocycles. The number of nitrogens with one attached hydrogen (secondary N) is 2. The van der Waals surface area contributed by atoms with Gasteiger partial charge in [-0.3, -0.25) is 14.5 Å². The molecule has 1 saturated carbocycles. The molecule has 2 fully saturated rings. The summed E-state index contributed by atoms with van der Waals surface area (Å²) in [6.07, 6.45) is 3.47. The summed E-state index contributed by atoms with van der Waals surface area (Å²) in [5.41, 5.74) is 2.04. The molecule has 274 valence electrons. The molecule has 3 aliphatic rings. The summed E-state index contributed by atoms with van der Waals surface area (Å²) in [4.78, 5) is 32.8. The molecule has 2 unspecified atom stereocenters. The van der Waals surface area contributed by atoms with Crippen molar-refractivity contribution in [3.63, 3.8) is 0 Å². The Balaban J connectivity index is 1.03. The predicted octanol–water partition coefficient (Wildman–Crippen LogP) is 8.83. The normalized spacial score (nSPS) is 21.1. The molecule has 5 rings (SSSR count). The highest BCUT2D eigenvalue weighted by atomic mass is 35.5. The van der Waals surface area contributed by atoms with E-state index < -0.39 is 29.3 Å². The van der Waals surface area contributed by atoms with Crippen molar-refractivity contribution in [3.05, 3.63) is 65.0 Å². The number of aryl methyl sites for hydroxylation is 1. The molecule has 2 N–H and O–H groups in total. The monoisotopic (exact) mass is 737 g/mol. The Bertz CT molecular complexity index is 1560. The highest BCUT2D eigenvalue weighted by molar-refractivity contribution is 7.98. The van der Waals surface area contributed by atoms with E-state index in [-0.39, 0.29) is 48.2 Å². The quantitative estimate of drug-likeness (QED) is 0.120. The third-order valence-corrected chi connectivity index (χ3v) is 10.5. The summed E-state index contributed by atoms with van der Waals surface area (Å²) in [6, 6.07) is 11.2. The van der Waals surface area contributed by atoms with Crippen molar-refractivity contribution in [2.45, 2.75) is 114 Å². The molecule has 0 bridgehead atoms. The lowest BCUT2D eigenvalue weighted by Gasteiger charge is -2.33. The second kappa shape index (κ2) is 15.3. The highest BCUT2D eigenvalue weighted by Crippen LogP contribution is 2.59. The van der Waals surface area contributed by atoms with Gasteiger partial charge in [0, 0.05) is 29.8 Å². The van der Waals surface area contributed by atoms with Gasteiger partial charge in [0.15, 0.2) is 0 Å². The fourth-order valence-electron chi connectivity index (χ4n) is 6.46. The Morgan fingerprint density at radius 3 is 2.58 bits per heavy atom. The van der Waals surface area contributed by atoms with Crippen LogP contribution in [0.3, 0.4) is 0 Å². The number of benzene rings is 1. The van der Waals surface area contributed by atoms with E-state index in [1.54, 1.807) is 29.4 Å². The standard InChI is InChI=1S/C36H47ClF3N5O4S/c1-33(2,3)49-32(47)44-23-25(22-34(44,4)5)10-7-6-9-24-11-8-12-26(21-24)50-43-31(46)27-13-14-28(41-30(27)37)45-19-15-29(42-45)48-20-18-35(16-17-35)36(38,39)40/h8,11-15,19,21,25,29,42H,6-7,9-10,16-18,20,22-23H2,1-5H3,(H,43,46). The van der Waals surface area contributed by atoms with Gasteiger partial charge in [-0.1, -0.05) is 30.2 Å². The van der Waals surface area contributed by atoms with Crippen LogP contribution < -0.4 is 15.2 Å². The van der Waals surface area contributed by atoms with Gasteiger partial charge in [0.05, 0.1) is 11.0 Å². The number of nitrogens with zero attached hydrogens (tertiary/aromatic N) is 3. The molecule has 2 amide bonds. The maximum Gasteiger partial charge on any atom is 0.410 e. The number of anilines is 1. The van der Waals surface area contributed by atoms with Gasteiger partial charge in [0.1, 0.15) is 22.8 Å². The van der Waals surface area contributed by atoms with E-state index in [2.05, 4.69) is 41.1 Å². The van der Waals surface area contributed by atoms with Crippen molar-refractivity contribution < 1.29 is 32.2 Å². The maximum absolute atomic E-state index is 13.2. The van der Waals surface area contributed by atoms with Gasteiger partial charge in [-0.05, 0) is 133 Å². The van der Waals surface area contributed by atoms with Crippen LogP contribution in [0.2, 0.25) is 5.15 Å². The number of rotatable bonds is 13. The number of unbranched alkanes of at least 4 members (excludes halogenated alkanes) is 1. The van der Waals surface area contributed by atoms with Crippen LogP contribution in [0.4, 0.5) is 23.8 Å². The van der Waals surface area contributed by atoms with E-state index in [9.17, 15) is 22.8 Å². The molecule has 1 aromatic heterocycles. The smallest absolute Gasteiger partial charge is 0.410 e. The zero-order chi connectivity index (χ0) is 36.3. The summed E-state index contributed by atoms with van der Waals surface area (Å²) < 4.78 is 53.6. The fourth-order valence-corrected chi connectivity index (χ4v) is 7.38. The lowest BCUT2D eigenvalue weighted by atomic mass is 9.92. The number of ether oxygens (including phenoxy) is 2. The minimum atomic E-state index is -4.20. The number of hydrazine groups is 1. The SMILES string of the molecule is CC(C)(C)OC(=O)N1CC(CCCCc2cccc(SNC(=O)c3ccc(N4C=CC(OCCC5(C(F)(F)F)CC5)N4)nc3Cl)c2)CC1(C)C. The molecule has 1 aliphatic carbocycles. The molecule has 14 heteroatoms. The first kappa shape index (κ1) is 38.2. The van der Waals surface area contributed by atoms with Gasteiger partial charge in [0.25, 0.3) is 5.91 Å². The molecule has 50 heavy (non-hydrogen) atoms. The van der Waals surface area contributed by atoms with Gasteiger partial charge in [-0.25, -0.2) is 9.78 Å². The molecule has 0 spiro atoms. The number of carbonyl (C=O) groups is 2. The van der Waals surface area contributed by atoms with E-state index in [1.165, 1.54) is 17.5 Å². The van der Waals surface area contributed by atoms with Crippen LogP contribution in [-0.2, 0) is 15.9 Å². The number of likely N-dealkylation sites (tertiary alicyclic amines) is 1. The molecule has 1 saturated heterocycles. The van der Waals surface area contributed by atoms with Gasteiger partial charge in [-0.2, -0.15) is 18.6 Å². The van der Waals surface area contributed by atoms with Crippen LogP contribution in [0.15, 0.2) is 53.6 Å². The first-order chi connectivity index (χ1) is 23.4. The van der Waals surface area contributed by atoms with E-state index in [0.717, 1.165) is 43.5 Å². The zero-order valence-electron chi connectivity index (χ0n) is 29.2. The van der Waals surface area contributed by atoms with Crippen molar-refractivity contribution in [1.29, 1.82) is 0 Å². The van der Waals surface area contributed by atoms with Crippen LogP contribution in [0.1, 0.15) is 95.5 Å². The largest absolute Gasteiger partial charge is 0.444 e. The molecular formula is C36H47ClF3N5O4S. The van der Waals surface area contributed by atoms with Crippen LogP contribution in [0.25, 0.3) is 0 Å². The summed E-state index contributed by atoms with van der Waals surface area (Å²) in [5.74, 6) is 0.452. The lowest BCUT2D eigenvalue weighted by Crippen LogP contribution is -2.45. The molecule has 1 aromatic carbocycles. The summed E-state index contributed by atoms with van der Waals surface area (Å²) >= 11 is 7.59. The number of alkyl halides is 3. The molecule has 2 aromatic rings. The Morgan fingerprint density at radius 2 is 1.90 bits per heavy atom. The fraction of sp³-hybridized carbons (Fsp3) is 0.583. The number of aromatic nitrogens is 1. The Labute approximate surface area is 301 Å². The molecular weight excluding hydrogens is 691 g/mol. The van der Waals surface area contributed by atoms with Crippen molar-refractivity contribution in [3.8, 4) is 0 Å². The minimum Gasteiger partial charge on any atom is -0.444 e. The third kappa shape index (κ3) is 9.86. The summed E-state index contributed by atoms with van der Waals surface area (Å²) in [7, 11) is 0. The maximum atomic E-state index is 13.2. The number of hydrogen-bond donors (Lipinski definition) is 2. The van der Waals surface area contributed by atoms with Crippen molar-refractivity contribution >= 4 is 41.4 Å². The van der Waals surface area contributed by atoms with E-state index in [4.69, 9.17) is 21.1 Å².